The van der Waals surface area contributed by atoms with Crippen molar-refractivity contribution in [1.82, 2.24) is 15.1 Å². The molecule has 182 valence electrons. The van der Waals surface area contributed by atoms with Crippen LogP contribution in [0.25, 0.3) is 11.1 Å². The standard InChI is InChI=1S/C27H27F3N4O/c1-3-25(35)32-16-24(31-2)26-20(13-18-7-9-19(10-8-18)14-27(28,29)30)5-4-6-23(26)21-15-33-34(17-21)22-11-12-22/h3-10,15,17,22H,1,11-14,16H2,2H3,(H,32,35). The van der Waals surface area contributed by atoms with E-state index in [0.717, 1.165) is 40.7 Å². The topological polar surface area (TPSA) is 59.3 Å². The Morgan fingerprint density at radius 1 is 1.20 bits per heavy atom. The predicted octanol–water partition coefficient (Wildman–Crippen LogP) is 5.30. The number of nitrogens with one attached hydrogen (secondary N) is 1. The highest BCUT2D eigenvalue weighted by Gasteiger charge is 2.27. The number of nitrogens with zero attached hydrogens (tertiary/aromatic N) is 3. The van der Waals surface area contributed by atoms with Gasteiger partial charge in [-0.25, -0.2) is 0 Å². The van der Waals surface area contributed by atoms with Gasteiger partial charge in [0.15, 0.2) is 0 Å². The van der Waals surface area contributed by atoms with E-state index in [-0.39, 0.29) is 18.0 Å². The number of carbonyl (C=O) groups excluding carboxylic acids is 1. The first-order valence-electron chi connectivity index (χ1n) is 11.4. The first-order chi connectivity index (χ1) is 16.8. The molecule has 0 atom stereocenters. The largest absolute Gasteiger partial charge is 0.393 e. The van der Waals surface area contributed by atoms with Gasteiger partial charge in [0.1, 0.15) is 0 Å². The van der Waals surface area contributed by atoms with E-state index in [1.807, 2.05) is 35.3 Å². The maximum absolute atomic E-state index is 12.7. The molecule has 1 amide bonds. The number of halogens is 3. The number of carbonyl (C=O) groups is 1. The molecule has 1 aromatic heterocycles. The van der Waals surface area contributed by atoms with E-state index in [2.05, 4.69) is 22.0 Å². The molecule has 5 nitrogen and oxygen atoms in total. The molecule has 1 aliphatic rings. The minimum Gasteiger partial charge on any atom is -0.347 e. The second kappa shape index (κ2) is 10.3. The van der Waals surface area contributed by atoms with Gasteiger partial charge in [0, 0.05) is 24.4 Å². The number of benzene rings is 2. The van der Waals surface area contributed by atoms with Crippen LogP contribution < -0.4 is 5.32 Å². The van der Waals surface area contributed by atoms with Crippen molar-refractivity contribution >= 4 is 11.6 Å². The molecule has 0 radical (unpaired) electrons. The van der Waals surface area contributed by atoms with Gasteiger partial charge in [-0.1, -0.05) is 49.0 Å². The highest BCUT2D eigenvalue weighted by molar-refractivity contribution is 6.09. The van der Waals surface area contributed by atoms with E-state index in [0.29, 0.717) is 18.2 Å². The lowest BCUT2D eigenvalue weighted by Crippen LogP contribution is -2.29. The zero-order chi connectivity index (χ0) is 25.0. The summed E-state index contributed by atoms with van der Waals surface area (Å²) in [6, 6.07) is 12.9. The summed E-state index contributed by atoms with van der Waals surface area (Å²) in [7, 11) is 1.68. The van der Waals surface area contributed by atoms with E-state index in [9.17, 15) is 18.0 Å². The first-order valence-corrected chi connectivity index (χ1v) is 11.4. The Kier molecular flexibility index (Phi) is 7.19. The van der Waals surface area contributed by atoms with Crippen LogP contribution in [0.2, 0.25) is 0 Å². The number of rotatable bonds is 9. The maximum atomic E-state index is 12.7. The molecular formula is C27H27F3N4O. The molecule has 1 N–H and O–H groups in total. The van der Waals surface area contributed by atoms with Gasteiger partial charge in [0.2, 0.25) is 5.91 Å². The van der Waals surface area contributed by atoms with Crippen molar-refractivity contribution in [3.63, 3.8) is 0 Å². The number of hydrogen-bond donors (Lipinski definition) is 1. The fraction of sp³-hybridized carbons (Fsp3) is 0.296. The fourth-order valence-corrected chi connectivity index (χ4v) is 4.09. The van der Waals surface area contributed by atoms with Crippen LogP contribution in [0, 0.1) is 0 Å². The highest BCUT2D eigenvalue weighted by Crippen LogP contribution is 2.36. The third-order valence-electron chi connectivity index (χ3n) is 5.98. The van der Waals surface area contributed by atoms with Crippen molar-refractivity contribution in [2.45, 2.75) is 37.9 Å². The molecule has 8 heteroatoms. The van der Waals surface area contributed by atoms with Crippen molar-refractivity contribution in [3.8, 4) is 11.1 Å². The van der Waals surface area contributed by atoms with E-state index in [4.69, 9.17) is 0 Å². The zero-order valence-corrected chi connectivity index (χ0v) is 19.5. The van der Waals surface area contributed by atoms with Crippen LogP contribution >= 0.6 is 0 Å². The van der Waals surface area contributed by atoms with E-state index < -0.39 is 12.6 Å². The van der Waals surface area contributed by atoms with Crippen molar-refractivity contribution in [1.29, 1.82) is 0 Å². The maximum Gasteiger partial charge on any atom is 0.393 e. The highest BCUT2D eigenvalue weighted by atomic mass is 19.4. The van der Waals surface area contributed by atoms with Gasteiger partial charge in [-0.15, -0.1) is 0 Å². The summed E-state index contributed by atoms with van der Waals surface area (Å²) in [6.07, 6.45) is 2.62. The van der Waals surface area contributed by atoms with Crippen LogP contribution in [0.15, 0.2) is 72.5 Å². The van der Waals surface area contributed by atoms with Crippen LogP contribution in [0.1, 0.15) is 41.1 Å². The van der Waals surface area contributed by atoms with E-state index in [1.165, 1.54) is 18.2 Å². The lowest BCUT2D eigenvalue weighted by molar-refractivity contribution is -0.127. The van der Waals surface area contributed by atoms with E-state index >= 15 is 0 Å². The molecule has 1 fully saturated rings. The summed E-state index contributed by atoms with van der Waals surface area (Å²) in [5.41, 5.74) is 5.53. The second-order valence-corrected chi connectivity index (χ2v) is 8.66. The van der Waals surface area contributed by atoms with Gasteiger partial charge in [-0.2, -0.15) is 18.3 Å². The molecule has 0 unspecified atom stereocenters. The number of aliphatic imine (C=N–C) groups is 1. The average molecular weight is 481 g/mol. The minimum absolute atomic E-state index is 0.215. The molecule has 35 heavy (non-hydrogen) atoms. The lowest BCUT2D eigenvalue weighted by Gasteiger charge is -2.17. The molecule has 0 saturated heterocycles. The Morgan fingerprint density at radius 2 is 1.91 bits per heavy atom. The molecule has 1 heterocycles. The van der Waals surface area contributed by atoms with Crippen molar-refractivity contribution in [2.24, 2.45) is 4.99 Å². The third kappa shape index (κ3) is 6.26. The fourth-order valence-electron chi connectivity index (χ4n) is 4.09. The number of alkyl halides is 3. The van der Waals surface area contributed by atoms with Gasteiger partial charge in [0.05, 0.1) is 30.9 Å². The molecular weight excluding hydrogens is 453 g/mol. The van der Waals surface area contributed by atoms with Crippen LogP contribution in [-0.4, -0.2) is 41.2 Å². The van der Waals surface area contributed by atoms with Crippen molar-refractivity contribution in [2.75, 3.05) is 13.6 Å². The predicted molar refractivity (Wildman–Crippen MR) is 131 cm³/mol. The average Bonchev–Trinajstić information content (AvgIpc) is 3.56. The van der Waals surface area contributed by atoms with Crippen molar-refractivity contribution < 1.29 is 18.0 Å². The van der Waals surface area contributed by atoms with Gasteiger partial charge < -0.3 is 5.32 Å². The minimum atomic E-state index is -4.24. The summed E-state index contributed by atoms with van der Waals surface area (Å²) in [6.45, 7) is 3.71. The lowest BCUT2D eigenvalue weighted by atomic mass is 9.90. The quantitative estimate of drug-likeness (QED) is 0.334. The van der Waals surface area contributed by atoms with Gasteiger partial charge in [0.25, 0.3) is 0 Å². The summed E-state index contributed by atoms with van der Waals surface area (Å²) in [4.78, 5) is 16.3. The third-order valence-corrected chi connectivity index (χ3v) is 5.98. The Bertz CT molecular complexity index is 1240. The van der Waals surface area contributed by atoms with Crippen LogP contribution in [-0.2, 0) is 17.6 Å². The Morgan fingerprint density at radius 3 is 2.54 bits per heavy atom. The molecule has 1 saturated carbocycles. The Balaban J connectivity index is 1.70. The molecule has 0 spiro atoms. The smallest absolute Gasteiger partial charge is 0.347 e. The van der Waals surface area contributed by atoms with Gasteiger partial charge in [-0.3, -0.25) is 14.5 Å². The molecule has 4 rings (SSSR count). The molecule has 0 aliphatic heterocycles. The molecule has 0 bridgehead atoms. The Labute approximate surface area is 202 Å². The molecule has 2 aromatic carbocycles. The monoisotopic (exact) mass is 480 g/mol. The molecule has 3 aromatic rings. The summed E-state index contributed by atoms with van der Waals surface area (Å²) in [5.74, 6) is -0.299. The van der Waals surface area contributed by atoms with Crippen LogP contribution in [0.5, 0.6) is 0 Å². The van der Waals surface area contributed by atoms with E-state index in [1.54, 1.807) is 19.2 Å². The van der Waals surface area contributed by atoms with Crippen LogP contribution in [0.4, 0.5) is 13.2 Å². The number of hydrogen-bond acceptors (Lipinski definition) is 3. The number of aromatic nitrogens is 2. The summed E-state index contributed by atoms with van der Waals surface area (Å²) in [5, 5.41) is 7.32. The number of amides is 1. The van der Waals surface area contributed by atoms with Crippen LogP contribution in [0.3, 0.4) is 0 Å². The first kappa shape index (κ1) is 24.4. The molecule has 1 aliphatic carbocycles. The van der Waals surface area contributed by atoms with Crippen molar-refractivity contribution in [3.05, 3.63) is 89.8 Å². The van der Waals surface area contributed by atoms with Gasteiger partial charge in [-0.05, 0) is 47.6 Å². The summed E-state index contributed by atoms with van der Waals surface area (Å²) < 4.78 is 40.2. The Hall–Kier alpha value is -3.68. The SMILES string of the molecule is C=CC(=O)NCC(=NC)c1c(Cc2ccc(CC(F)(F)F)cc2)cccc1-c1cnn(C2CC2)c1. The second-order valence-electron chi connectivity index (χ2n) is 8.66. The zero-order valence-electron chi connectivity index (χ0n) is 19.5. The van der Waals surface area contributed by atoms with Gasteiger partial charge >= 0.3 is 6.18 Å². The summed E-state index contributed by atoms with van der Waals surface area (Å²) >= 11 is 0. The normalized spacial score (nSPS) is 14.1.